The number of carbonyl (C=O) groups excluding carboxylic acids is 2. The van der Waals surface area contributed by atoms with Gasteiger partial charge in [0.1, 0.15) is 11.4 Å². The van der Waals surface area contributed by atoms with E-state index in [0.717, 1.165) is 18.3 Å². The van der Waals surface area contributed by atoms with Crippen molar-refractivity contribution in [3.63, 3.8) is 0 Å². The molecule has 0 saturated carbocycles. The Hall–Kier alpha value is -4.10. The maximum absolute atomic E-state index is 15.2. The minimum absolute atomic E-state index is 0.0225. The van der Waals surface area contributed by atoms with E-state index in [1.165, 1.54) is 7.11 Å². The highest BCUT2D eigenvalue weighted by molar-refractivity contribution is 5.94. The molecule has 0 radical (unpaired) electrons. The van der Waals surface area contributed by atoms with E-state index in [2.05, 4.69) is 30.9 Å². The van der Waals surface area contributed by atoms with Gasteiger partial charge < -0.3 is 34.9 Å². The number of methoxy groups -OCH3 is 1. The Bertz CT molecular complexity index is 1460. The van der Waals surface area contributed by atoms with E-state index in [-0.39, 0.29) is 25.0 Å². The van der Waals surface area contributed by atoms with Gasteiger partial charge >= 0.3 is 6.09 Å². The van der Waals surface area contributed by atoms with E-state index in [1.54, 1.807) is 39.0 Å². The molecule has 1 saturated heterocycles. The van der Waals surface area contributed by atoms with Gasteiger partial charge in [0, 0.05) is 30.6 Å². The second kappa shape index (κ2) is 12.4. The minimum atomic E-state index is -0.708. The Labute approximate surface area is 242 Å². The molecule has 3 N–H and O–H groups in total. The van der Waals surface area contributed by atoms with Crippen LogP contribution in [0.2, 0.25) is 0 Å². The van der Waals surface area contributed by atoms with Crippen LogP contribution in [0.4, 0.5) is 15.0 Å². The van der Waals surface area contributed by atoms with Gasteiger partial charge in [-0.25, -0.2) is 19.2 Å². The third-order valence-electron chi connectivity index (χ3n) is 6.94. The second-order valence-electron chi connectivity index (χ2n) is 11.3. The number of rotatable bonds is 8. The number of nitrogens with zero attached hydrogens (tertiary/aromatic N) is 3. The fourth-order valence-electron chi connectivity index (χ4n) is 4.94. The van der Waals surface area contributed by atoms with Gasteiger partial charge in [-0.3, -0.25) is 9.78 Å². The van der Waals surface area contributed by atoms with E-state index in [1.807, 2.05) is 6.07 Å². The Morgan fingerprint density at radius 1 is 1.21 bits per heavy atom. The summed E-state index contributed by atoms with van der Waals surface area (Å²) in [4.78, 5) is 37.5. The number of anilines is 1. The third-order valence-corrected chi connectivity index (χ3v) is 6.94. The summed E-state index contributed by atoms with van der Waals surface area (Å²) >= 11 is 0. The van der Waals surface area contributed by atoms with Crippen molar-refractivity contribution in [1.82, 2.24) is 25.6 Å². The highest BCUT2D eigenvalue weighted by atomic mass is 19.1. The van der Waals surface area contributed by atoms with Gasteiger partial charge in [0.15, 0.2) is 18.2 Å². The number of ether oxygens (including phenoxy) is 4. The third kappa shape index (κ3) is 7.21. The topological polar surface area (TPSA) is 146 Å². The number of halogens is 1. The summed E-state index contributed by atoms with van der Waals surface area (Å²) in [6, 6.07) is 6.43. The smallest absolute Gasteiger partial charge is 0.407 e. The summed E-state index contributed by atoms with van der Waals surface area (Å²) in [6.45, 7) is 6.14. The molecule has 3 aromatic rings. The van der Waals surface area contributed by atoms with Crippen molar-refractivity contribution in [3.8, 4) is 11.6 Å². The van der Waals surface area contributed by atoms with E-state index in [0.29, 0.717) is 53.6 Å². The maximum Gasteiger partial charge on any atom is 0.407 e. The molecule has 12 nitrogen and oxygen atoms in total. The summed E-state index contributed by atoms with van der Waals surface area (Å²) in [5.74, 6) is 0.506. The van der Waals surface area contributed by atoms with Crippen LogP contribution in [0, 0.1) is 5.82 Å². The van der Waals surface area contributed by atoms with Crippen molar-refractivity contribution < 1.29 is 32.9 Å². The van der Waals surface area contributed by atoms with E-state index in [9.17, 15) is 9.59 Å². The van der Waals surface area contributed by atoms with Crippen LogP contribution in [0.5, 0.6) is 11.6 Å². The normalized spacial score (nSPS) is 19.3. The molecular formula is C29H35FN6O6. The zero-order valence-corrected chi connectivity index (χ0v) is 24.0. The molecule has 5 heterocycles. The number of pyridine rings is 3. The van der Waals surface area contributed by atoms with Crippen LogP contribution in [-0.2, 0) is 27.2 Å². The fraction of sp³-hybridized carbons (Fsp3) is 0.483. The molecule has 0 aliphatic carbocycles. The number of alkyl carbamates (subject to hydrolysis) is 1. The first-order chi connectivity index (χ1) is 20.1. The predicted octanol–water partition coefficient (Wildman–Crippen LogP) is 3.28. The highest BCUT2D eigenvalue weighted by Gasteiger charge is 2.32. The van der Waals surface area contributed by atoms with Crippen molar-refractivity contribution in [3.05, 3.63) is 47.5 Å². The fourth-order valence-corrected chi connectivity index (χ4v) is 4.94. The SMILES string of the molecule is COc1ccc2ncc(F)c(CC(NC(=O)OC(C)(C)C)C3CCC(NCc4ccc5c(n4)NC(=O)CO5)CO3)c2n1. The van der Waals surface area contributed by atoms with Gasteiger partial charge in [0.05, 0.1) is 48.8 Å². The van der Waals surface area contributed by atoms with Crippen molar-refractivity contribution in [2.75, 3.05) is 25.6 Å². The van der Waals surface area contributed by atoms with Gasteiger partial charge in [0.2, 0.25) is 5.88 Å². The summed E-state index contributed by atoms with van der Waals surface area (Å²) in [6.07, 6.45) is 1.59. The van der Waals surface area contributed by atoms with Crippen molar-refractivity contribution in [2.45, 2.75) is 70.4 Å². The number of hydrogen-bond donors (Lipinski definition) is 3. The van der Waals surface area contributed by atoms with Gasteiger partial charge in [-0.1, -0.05) is 0 Å². The van der Waals surface area contributed by atoms with Crippen LogP contribution in [0.25, 0.3) is 11.0 Å². The first-order valence-corrected chi connectivity index (χ1v) is 13.8. The number of nitrogens with one attached hydrogen (secondary N) is 3. The monoisotopic (exact) mass is 582 g/mol. The summed E-state index contributed by atoms with van der Waals surface area (Å²) in [7, 11) is 1.49. The van der Waals surface area contributed by atoms with Crippen LogP contribution < -0.4 is 25.4 Å². The van der Waals surface area contributed by atoms with Gasteiger partial charge in [0.25, 0.3) is 5.91 Å². The Morgan fingerprint density at radius 2 is 2.05 bits per heavy atom. The van der Waals surface area contributed by atoms with E-state index in [4.69, 9.17) is 18.9 Å². The molecule has 3 atom stereocenters. The molecule has 2 amide bonds. The first-order valence-electron chi connectivity index (χ1n) is 13.8. The Balaban J connectivity index is 1.27. The van der Waals surface area contributed by atoms with Crippen LogP contribution in [-0.4, -0.2) is 71.1 Å². The molecule has 5 rings (SSSR count). The highest BCUT2D eigenvalue weighted by Crippen LogP contribution is 2.27. The summed E-state index contributed by atoms with van der Waals surface area (Å²) in [5, 5.41) is 9.06. The molecule has 42 heavy (non-hydrogen) atoms. The average molecular weight is 583 g/mol. The van der Waals surface area contributed by atoms with E-state index >= 15 is 4.39 Å². The van der Waals surface area contributed by atoms with Crippen LogP contribution in [0.15, 0.2) is 30.5 Å². The van der Waals surface area contributed by atoms with Gasteiger partial charge in [-0.2, -0.15) is 0 Å². The molecule has 0 spiro atoms. The zero-order valence-electron chi connectivity index (χ0n) is 24.0. The van der Waals surface area contributed by atoms with Crippen molar-refractivity contribution in [1.29, 1.82) is 0 Å². The molecule has 2 aliphatic heterocycles. The lowest BCUT2D eigenvalue weighted by Gasteiger charge is -2.35. The number of hydrogen-bond acceptors (Lipinski definition) is 10. The largest absolute Gasteiger partial charge is 0.481 e. The number of aromatic nitrogens is 3. The maximum atomic E-state index is 15.2. The van der Waals surface area contributed by atoms with Gasteiger partial charge in [-0.15, -0.1) is 0 Å². The second-order valence-corrected chi connectivity index (χ2v) is 11.3. The molecule has 13 heteroatoms. The average Bonchev–Trinajstić information content (AvgIpc) is 2.95. The van der Waals surface area contributed by atoms with Crippen LogP contribution >= 0.6 is 0 Å². The molecule has 3 unspecified atom stereocenters. The Kier molecular flexibility index (Phi) is 8.69. The molecule has 0 bridgehead atoms. The first kappa shape index (κ1) is 29.4. The molecule has 224 valence electrons. The van der Waals surface area contributed by atoms with E-state index < -0.39 is 29.7 Å². The zero-order chi connectivity index (χ0) is 29.9. The van der Waals surface area contributed by atoms with Crippen LogP contribution in [0.1, 0.15) is 44.9 Å². The lowest BCUT2D eigenvalue weighted by atomic mass is 9.94. The molecular weight excluding hydrogens is 547 g/mol. The van der Waals surface area contributed by atoms with Crippen LogP contribution in [0.3, 0.4) is 0 Å². The minimum Gasteiger partial charge on any atom is -0.481 e. The predicted molar refractivity (Wildman–Crippen MR) is 151 cm³/mol. The summed E-state index contributed by atoms with van der Waals surface area (Å²) in [5.41, 5.74) is 1.21. The molecule has 2 aliphatic rings. The number of carbonyl (C=O) groups is 2. The molecule has 1 fully saturated rings. The van der Waals surface area contributed by atoms with Crippen molar-refractivity contribution >= 4 is 28.9 Å². The quantitative estimate of drug-likeness (QED) is 0.362. The number of fused-ring (bicyclic) bond motifs is 2. The molecule has 3 aromatic heterocycles. The van der Waals surface area contributed by atoms with Gasteiger partial charge in [-0.05, 0) is 51.8 Å². The lowest BCUT2D eigenvalue weighted by Crippen LogP contribution is -2.51. The number of amides is 2. The van der Waals surface area contributed by atoms with Crippen molar-refractivity contribution in [2.24, 2.45) is 0 Å². The lowest BCUT2D eigenvalue weighted by molar-refractivity contribution is -0.118. The standard InChI is InChI=1S/C29H35FN6O6/c1-29(2,3)42-28(38)34-21(11-18-19(30)13-32-20-7-10-25(39-4)36-26(18)20)22-8-6-17(14-40-22)31-12-16-5-9-23-27(33-16)35-24(37)15-41-23/h5,7,9-10,13,17,21-22,31H,6,8,11-12,14-15H2,1-4H3,(H,34,38)(H,33,35,37). The Morgan fingerprint density at radius 3 is 2.79 bits per heavy atom. The molecule has 0 aromatic carbocycles. The summed E-state index contributed by atoms with van der Waals surface area (Å²) < 4.78 is 37.5.